The first-order chi connectivity index (χ1) is 70.9. The Morgan fingerprint density at radius 3 is 0.780 bits per heavy atom. The number of hydrogen-bond acceptors (Lipinski definition) is 60. The predicted octanol–water partition coefficient (Wildman–Crippen LogP) is -25.3. The molecule has 0 aromatic carbocycles. The van der Waals surface area contributed by atoms with E-state index in [1.54, 1.807) is 0 Å². The lowest BCUT2D eigenvalue weighted by atomic mass is 9.93. The van der Waals surface area contributed by atoms with Gasteiger partial charge in [-0.25, -0.2) is 0 Å². The van der Waals surface area contributed by atoms with E-state index in [4.69, 9.17) is 109 Å². The van der Waals surface area contributed by atoms with Crippen LogP contribution in [-0.2, 0) is 138 Å². The Morgan fingerprint density at radius 1 is 0.187 bits per heavy atom. The molecule has 66 heteroatoms. The van der Waals surface area contributed by atoms with E-state index < -0.39 is 476 Å². The molecular weight excluding hydrogens is 2050 g/mol. The number of amides is 6. The van der Waals surface area contributed by atoms with Crippen molar-refractivity contribution in [2.24, 2.45) is 0 Å². The zero-order chi connectivity index (χ0) is 110. The van der Waals surface area contributed by atoms with Gasteiger partial charge in [0.2, 0.25) is 35.4 Å². The minimum Gasteiger partial charge on any atom is -0.394 e. The molecule has 12 heterocycles. The first-order valence-corrected chi connectivity index (χ1v) is 48.0. The molecule has 6 amide bonds. The van der Waals surface area contributed by atoms with Crippen LogP contribution in [0.4, 0.5) is 0 Å². The molecule has 37 N–H and O–H groups in total. The predicted molar refractivity (Wildman–Crippen MR) is 463 cm³/mol. The van der Waals surface area contributed by atoms with Crippen molar-refractivity contribution in [3.05, 3.63) is 0 Å². The van der Waals surface area contributed by atoms with Gasteiger partial charge in [-0.1, -0.05) is 0 Å². The van der Waals surface area contributed by atoms with Gasteiger partial charge < -0.3 is 299 Å². The highest BCUT2D eigenvalue weighted by molar-refractivity contribution is 5.75. The highest BCUT2D eigenvalue weighted by Gasteiger charge is 2.64. The lowest BCUT2D eigenvalue weighted by Gasteiger charge is -2.52. The summed E-state index contributed by atoms with van der Waals surface area (Å²) in [5, 5.41) is 367. The number of aliphatic hydroxyl groups is 31. The second-order valence-electron chi connectivity index (χ2n) is 38.1. The van der Waals surface area contributed by atoms with Crippen molar-refractivity contribution in [1.29, 1.82) is 0 Å². The lowest BCUT2D eigenvalue weighted by molar-refractivity contribution is -0.406. The molecule has 0 aromatic rings. The number of hydrogen-bond donors (Lipinski definition) is 37. The van der Waals surface area contributed by atoms with Crippen molar-refractivity contribution in [3.63, 3.8) is 0 Å². The van der Waals surface area contributed by atoms with Crippen LogP contribution in [0.1, 0.15) is 48.5 Å². The van der Waals surface area contributed by atoms with Gasteiger partial charge >= 0.3 is 0 Å². The summed E-state index contributed by atoms with van der Waals surface area (Å²) in [6.45, 7) is -6.35. The number of nitrogens with one attached hydrogen (secondary N) is 6. The van der Waals surface area contributed by atoms with E-state index in [0.717, 1.165) is 41.5 Å². The normalized spacial score (nSPS) is 48.8. The molecule has 150 heavy (non-hydrogen) atoms. The molecule has 12 rings (SSSR count). The van der Waals surface area contributed by atoms with Crippen molar-refractivity contribution in [1.82, 2.24) is 31.9 Å². The maximum atomic E-state index is 13.6. The molecule has 0 unspecified atom stereocenters. The maximum absolute atomic E-state index is 13.6. The monoisotopic (exact) mass is 2190 g/mol. The first kappa shape index (κ1) is 123. The van der Waals surface area contributed by atoms with Crippen LogP contribution in [-0.4, -0.2) is 635 Å². The van der Waals surface area contributed by atoms with Crippen LogP contribution in [0, 0.1) is 0 Å². The molecule has 0 radical (unpaired) electrons. The highest BCUT2D eigenvalue weighted by atomic mass is 16.8. The molecule has 12 aliphatic heterocycles. The van der Waals surface area contributed by atoms with Crippen LogP contribution in [0.2, 0.25) is 0 Å². The molecule has 0 saturated carbocycles. The quantitative estimate of drug-likeness (QED) is 0.0272. The fourth-order valence-electron chi connectivity index (χ4n) is 19.6. The van der Waals surface area contributed by atoms with Gasteiger partial charge in [0.1, 0.15) is 287 Å². The molecule has 0 aliphatic carbocycles. The Balaban J connectivity index is 0.937. The van der Waals surface area contributed by atoms with Crippen LogP contribution in [0.5, 0.6) is 0 Å². The van der Waals surface area contributed by atoms with Gasteiger partial charge in [0.25, 0.3) is 0 Å². The van der Waals surface area contributed by atoms with E-state index in [9.17, 15) is 187 Å². The van der Waals surface area contributed by atoms with E-state index in [-0.39, 0.29) is 0 Å². The van der Waals surface area contributed by atoms with Gasteiger partial charge in [-0.15, -0.1) is 0 Å². The Bertz CT molecular complexity index is 4250. The Labute approximate surface area is 849 Å². The average Bonchev–Trinajstić information content (AvgIpc) is 0.748. The number of aliphatic hydroxyl groups excluding tert-OH is 31. The second-order valence-corrected chi connectivity index (χ2v) is 38.1. The van der Waals surface area contributed by atoms with Gasteiger partial charge in [0, 0.05) is 41.5 Å². The molecule has 0 bridgehead atoms. The van der Waals surface area contributed by atoms with Crippen LogP contribution >= 0.6 is 0 Å². The summed E-state index contributed by atoms with van der Waals surface area (Å²) < 4.78 is 140. The standard InChI is InChI=1S/C84H140N6O60/c1-19-43(106)55(118)59(122)79(130-19)128-18-36-69(50(113)37(73(127)131-36)85-20(2)100)144-76-40(88-23(5)103)53(116)67(33(15-98)137-76)147-82-63(126)70(48(111)35(141-82)17-129-83-71(58(121)47(110)29(11-94)135-83)149-77-42(90-25(7)105)54(117)66(32(14-97)139-77)146-81-61(124)57(120)46(109)28(10-93)134-81)148-84-72(150-78-41(89-24(6)104)51(114)64(30(12-95)138-78)142-74-38(86-21(3)101)49(112)44(107)26(8-91)132-74)62(125)68(34(16-99)140-84)143-75-39(87-22(4)102)52(115)65(31(13-96)136-75)145-80-60(123)56(119)45(108)27(9-92)133-80/h19,26-84,91-99,106-127H,8-18H2,1-7H3,(H,85,100)(H,86,101)(H,87,102)(H,88,103)(H,89,104)(H,90,105)/t19-,26+,27+,28+,29+,30+,31+,32+,33+,34+,35+,36+,37+,38+,39+,40+,41+,42+,43+,44-,45-,46-,47+,48+,49+,50+,51+,52+,53+,54+,55+,56-,57-,58-,59-,60+,61+,62-,63-,64+,65+,66+,67+,68+,69+,70-,71-,72-,73+,74-,75-,76-,77-,78-,79+,80-,81-,82-,83-,84+/m0/s1. The Morgan fingerprint density at radius 2 is 0.420 bits per heavy atom. The summed E-state index contributed by atoms with van der Waals surface area (Å²) in [6.07, 6.45) is -117. The number of ether oxygens (including phenoxy) is 23. The minimum atomic E-state index is -2.81. The Kier molecular flexibility index (Phi) is 44.4. The Hall–Kier alpha value is -5.34. The van der Waals surface area contributed by atoms with Gasteiger partial charge in [-0.3, -0.25) is 28.8 Å². The van der Waals surface area contributed by atoms with Crippen LogP contribution in [0.3, 0.4) is 0 Å². The summed E-state index contributed by atoms with van der Waals surface area (Å²) in [4.78, 5) is 78.9. The number of carbonyl (C=O) groups is 6. The smallest absolute Gasteiger partial charge is 0.217 e. The number of carbonyl (C=O) groups excluding carboxylic acids is 6. The fourth-order valence-corrected chi connectivity index (χ4v) is 19.6. The van der Waals surface area contributed by atoms with Crippen molar-refractivity contribution in [2.75, 3.05) is 72.7 Å². The molecule has 866 valence electrons. The summed E-state index contributed by atoms with van der Waals surface area (Å²) in [5.41, 5.74) is 0. The summed E-state index contributed by atoms with van der Waals surface area (Å²) in [6, 6.07) is -12.0. The van der Waals surface area contributed by atoms with Gasteiger partial charge in [-0.2, -0.15) is 0 Å². The largest absolute Gasteiger partial charge is 0.394 e. The van der Waals surface area contributed by atoms with Crippen LogP contribution in [0.15, 0.2) is 0 Å². The van der Waals surface area contributed by atoms with E-state index in [1.165, 1.54) is 6.92 Å². The van der Waals surface area contributed by atoms with Crippen LogP contribution < -0.4 is 31.9 Å². The fraction of sp³-hybridized carbons (Fsp3) is 0.929. The molecular formula is C84H140N6O60. The van der Waals surface area contributed by atoms with Gasteiger partial charge in [0.05, 0.1) is 78.8 Å². The van der Waals surface area contributed by atoms with E-state index >= 15 is 0 Å². The third kappa shape index (κ3) is 27.5. The summed E-state index contributed by atoms with van der Waals surface area (Å²) in [5.74, 6) is -5.96. The maximum Gasteiger partial charge on any atom is 0.217 e. The molecule has 0 aromatic heterocycles. The molecule has 60 atom stereocenters. The number of rotatable bonds is 39. The van der Waals surface area contributed by atoms with Crippen molar-refractivity contribution < 1.29 is 296 Å². The summed E-state index contributed by atoms with van der Waals surface area (Å²) in [7, 11) is 0. The van der Waals surface area contributed by atoms with Crippen molar-refractivity contribution >= 4 is 35.4 Å². The molecule has 12 saturated heterocycles. The second kappa shape index (κ2) is 54.0. The SMILES string of the molecule is CC(=O)N[C@@H]1[C@@H](O)[C@H](O[C@@H]2O[C@H](CO)[C@@H](O[C@@H]3O[C@H](CO[C@H]4O[C@H](CO)[C@@H](O)[C@H](O)[C@@H]4O[C@@H]4O[C@H](CO)[C@@H](O[C@@H]5O[C@H](CO)[C@H](O)[C@H](O)[C@H]5O)[C@H](O)[C@H]4NC(C)=O)[C@@H](O)[C@H](O[C@H]4O[C@H](CO)[C@@H](O[C@@H]5O[C@H](CO)[C@@H](O[C@@H]6O[C@H](CO)[C@H](O)[C@H](O)[C@H]6O)[C@H](O)[C@H]5NC(C)=O)[C@H](O)[C@@H]4O[C@@H]4O[C@H](CO)[C@@H](O[C@@H]5O[C@H](CO)[C@H](O)[C@H](O)[C@H]5NC(C)=O)[C@H](O)[C@H]4NC(C)=O)[C@@H]3O)[C@H](O)[C@H]2NC(C)=O)[C@@H](CO[C@@H]2O[C@@H](C)[C@@H](O)[C@@H](O)[C@@H]2O)O[C@H]1O. The van der Waals surface area contributed by atoms with E-state index in [2.05, 4.69) is 31.9 Å². The van der Waals surface area contributed by atoms with E-state index in [0.29, 0.717) is 0 Å². The third-order valence-electron chi connectivity index (χ3n) is 27.4. The third-order valence-corrected chi connectivity index (χ3v) is 27.4. The lowest BCUT2D eigenvalue weighted by Crippen LogP contribution is -2.72. The molecule has 12 fully saturated rings. The first-order valence-electron chi connectivity index (χ1n) is 48.0. The topological polar surface area (TPSA) is 1010 Å². The van der Waals surface area contributed by atoms with Crippen molar-refractivity contribution in [3.8, 4) is 0 Å². The van der Waals surface area contributed by atoms with Gasteiger partial charge in [-0.05, 0) is 6.92 Å². The molecule has 66 nitrogen and oxygen atoms in total. The van der Waals surface area contributed by atoms with Crippen molar-refractivity contribution in [2.45, 2.75) is 417 Å². The highest BCUT2D eigenvalue weighted by Crippen LogP contribution is 2.43. The average molecular weight is 2190 g/mol. The zero-order valence-electron chi connectivity index (χ0n) is 81.1. The molecule has 12 aliphatic rings. The van der Waals surface area contributed by atoms with Gasteiger partial charge in [0.15, 0.2) is 75.5 Å². The molecule has 0 spiro atoms. The zero-order valence-corrected chi connectivity index (χ0v) is 81.1. The van der Waals surface area contributed by atoms with Crippen LogP contribution in [0.25, 0.3) is 0 Å². The summed E-state index contributed by atoms with van der Waals surface area (Å²) >= 11 is 0. The van der Waals surface area contributed by atoms with E-state index in [1.807, 2.05) is 0 Å². The minimum absolute atomic E-state index is 0.859.